The quantitative estimate of drug-likeness (QED) is 0.750. The molecular weight excluding hydrogens is 214 g/mol. The van der Waals surface area contributed by atoms with Crippen LogP contribution in [0.3, 0.4) is 0 Å². The third-order valence-electron chi connectivity index (χ3n) is 2.94. The molecule has 1 aliphatic rings. The van der Waals surface area contributed by atoms with E-state index in [0.29, 0.717) is 5.92 Å². The Kier molecular flexibility index (Phi) is 5.60. The predicted molar refractivity (Wildman–Crippen MR) is 67.6 cm³/mol. The van der Waals surface area contributed by atoms with E-state index in [1.165, 1.54) is 0 Å². The maximum absolute atomic E-state index is 11.1. The average Bonchev–Trinajstić information content (AvgIpc) is 2.42. The molecule has 4 nitrogen and oxygen atoms in total. The van der Waals surface area contributed by atoms with Crippen molar-refractivity contribution in [1.82, 2.24) is 14.9 Å². The van der Waals surface area contributed by atoms with Gasteiger partial charge in [0.2, 0.25) is 5.91 Å². The Hall–Kier alpha value is -1.45. The minimum Gasteiger partial charge on any atom is -0.343 e. The largest absolute Gasteiger partial charge is 0.343 e. The van der Waals surface area contributed by atoms with Gasteiger partial charge in [-0.15, -0.1) is 0 Å². The molecule has 1 aromatic rings. The van der Waals surface area contributed by atoms with Crippen molar-refractivity contribution in [1.29, 1.82) is 0 Å². The van der Waals surface area contributed by atoms with Gasteiger partial charge in [-0.3, -0.25) is 14.8 Å². The Labute approximate surface area is 103 Å². The highest BCUT2D eigenvalue weighted by Gasteiger charge is 2.22. The van der Waals surface area contributed by atoms with Crippen LogP contribution in [-0.2, 0) is 4.79 Å². The summed E-state index contributed by atoms with van der Waals surface area (Å²) in [7, 11) is 0. The van der Waals surface area contributed by atoms with Crippen molar-refractivity contribution in [3.63, 3.8) is 0 Å². The lowest BCUT2D eigenvalue weighted by atomic mass is 9.94. The van der Waals surface area contributed by atoms with E-state index in [9.17, 15) is 4.79 Å². The fourth-order valence-corrected chi connectivity index (χ4v) is 2.01. The Morgan fingerprint density at radius 2 is 1.94 bits per heavy atom. The molecule has 0 radical (unpaired) electrons. The van der Waals surface area contributed by atoms with Crippen molar-refractivity contribution in [2.24, 2.45) is 0 Å². The molecule has 0 aromatic carbocycles. The van der Waals surface area contributed by atoms with Gasteiger partial charge in [-0.05, 0) is 12.8 Å². The summed E-state index contributed by atoms with van der Waals surface area (Å²) in [5.41, 5.74) is 1.06. The molecule has 2 rings (SSSR count). The lowest BCUT2D eigenvalue weighted by Gasteiger charge is -2.30. The second-order valence-corrected chi connectivity index (χ2v) is 3.91. The summed E-state index contributed by atoms with van der Waals surface area (Å²) in [4.78, 5) is 21.4. The molecule has 0 bridgehead atoms. The van der Waals surface area contributed by atoms with Gasteiger partial charge in [0.25, 0.3) is 0 Å². The van der Waals surface area contributed by atoms with E-state index in [1.807, 2.05) is 24.9 Å². The molecule has 0 atom stereocenters. The fraction of sp³-hybridized carbons (Fsp3) is 0.615. The maximum Gasteiger partial charge on any atom is 0.219 e. The van der Waals surface area contributed by atoms with Crippen LogP contribution < -0.4 is 0 Å². The monoisotopic (exact) mass is 235 g/mol. The molecule has 0 spiro atoms. The summed E-state index contributed by atoms with van der Waals surface area (Å²) in [6.45, 7) is 7.32. The highest BCUT2D eigenvalue weighted by atomic mass is 16.2. The molecule has 94 valence electrons. The van der Waals surface area contributed by atoms with Gasteiger partial charge in [-0.2, -0.15) is 0 Å². The van der Waals surface area contributed by atoms with Gasteiger partial charge in [0.15, 0.2) is 0 Å². The van der Waals surface area contributed by atoms with Crippen LogP contribution in [-0.4, -0.2) is 33.9 Å². The lowest BCUT2D eigenvalue weighted by molar-refractivity contribution is -0.129. The maximum atomic E-state index is 11.1. The summed E-state index contributed by atoms with van der Waals surface area (Å²) in [5, 5.41) is 0. The first kappa shape index (κ1) is 13.6. The third kappa shape index (κ3) is 3.80. The van der Waals surface area contributed by atoms with Crippen LogP contribution in [0, 0.1) is 0 Å². The molecule has 0 aliphatic carbocycles. The molecule has 0 unspecified atom stereocenters. The van der Waals surface area contributed by atoms with Gasteiger partial charge < -0.3 is 4.90 Å². The second-order valence-electron chi connectivity index (χ2n) is 3.91. The first-order valence-electron chi connectivity index (χ1n) is 6.29. The number of piperidine rings is 1. The molecule has 1 aromatic heterocycles. The smallest absolute Gasteiger partial charge is 0.219 e. The Morgan fingerprint density at radius 3 is 2.41 bits per heavy atom. The van der Waals surface area contributed by atoms with Crippen LogP contribution in [0.4, 0.5) is 0 Å². The molecule has 1 saturated heterocycles. The molecule has 4 heteroatoms. The SMILES string of the molecule is CC.CC(=O)N1CCC(c2cnccn2)CC1. The number of aromatic nitrogens is 2. The number of amides is 1. The molecule has 2 heterocycles. The van der Waals surface area contributed by atoms with Gasteiger partial charge in [0, 0.05) is 44.5 Å². The van der Waals surface area contributed by atoms with Crippen molar-refractivity contribution >= 4 is 5.91 Å². The van der Waals surface area contributed by atoms with Crippen LogP contribution in [0.25, 0.3) is 0 Å². The van der Waals surface area contributed by atoms with Gasteiger partial charge in [0.1, 0.15) is 0 Å². The molecule has 1 fully saturated rings. The van der Waals surface area contributed by atoms with Crippen molar-refractivity contribution < 1.29 is 4.79 Å². The molecular formula is C13H21N3O. The highest BCUT2D eigenvalue weighted by Crippen LogP contribution is 2.25. The highest BCUT2D eigenvalue weighted by molar-refractivity contribution is 5.73. The Bertz CT molecular complexity index is 332. The van der Waals surface area contributed by atoms with Crippen molar-refractivity contribution in [2.75, 3.05) is 13.1 Å². The molecule has 0 saturated carbocycles. The minimum absolute atomic E-state index is 0.174. The predicted octanol–water partition coefficient (Wildman–Crippen LogP) is 2.23. The average molecular weight is 235 g/mol. The zero-order valence-corrected chi connectivity index (χ0v) is 10.9. The van der Waals surface area contributed by atoms with Gasteiger partial charge >= 0.3 is 0 Å². The minimum atomic E-state index is 0.174. The summed E-state index contributed by atoms with van der Waals surface area (Å²) >= 11 is 0. The zero-order chi connectivity index (χ0) is 12.7. The van der Waals surface area contributed by atoms with Crippen molar-refractivity contribution in [3.05, 3.63) is 24.3 Å². The van der Waals surface area contributed by atoms with Gasteiger partial charge in [0.05, 0.1) is 5.69 Å². The number of likely N-dealkylation sites (tertiary alicyclic amines) is 1. The number of carbonyl (C=O) groups is 1. The van der Waals surface area contributed by atoms with Crippen LogP contribution in [0.1, 0.15) is 45.2 Å². The molecule has 17 heavy (non-hydrogen) atoms. The summed E-state index contributed by atoms with van der Waals surface area (Å²) in [6.07, 6.45) is 7.24. The number of hydrogen-bond acceptors (Lipinski definition) is 3. The Morgan fingerprint density at radius 1 is 1.29 bits per heavy atom. The number of nitrogens with zero attached hydrogens (tertiary/aromatic N) is 3. The fourth-order valence-electron chi connectivity index (χ4n) is 2.01. The van der Waals surface area contributed by atoms with Gasteiger partial charge in [-0.25, -0.2) is 0 Å². The van der Waals surface area contributed by atoms with E-state index < -0.39 is 0 Å². The van der Waals surface area contributed by atoms with Crippen molar-refractivity contribution in [3.8, 4) is 0 Å². The molecule has 1 aliphatic heterocycles. The zero-order valence-electron chi connectivity index (χ0n) is 10.9. The number of carbonyl (C=O) groups excluding carboxylic acids is 1. The summed E-state index contributed by atoms with van der Waals surface area (Å²) < 4.78 is 0. The normalized spacial score (nSPS) is 16.1. The van der Waals surface area contributed by atoms with Crippen LogP contribution in [0.15, 0.2) is 18.6 Å². The third-order valence-corrected chi connectivity index (χ3v) is 2.94. The van der Waals surface area contributed by atoms with Crippen LogP contribution in [0.2, 0.25) is 0 Å². The van der Waals surface area contributed by atoms with E-state index in [-0.39, 0.29) is 5.91 Å². The van der Waals surface area contributed by atoms with Gasteiger partial charge in [-0.1, -0.05) is 13.8 Å². The first-order chi connectivity index (χ1) is 8.27. The van der Waals surface area contributed by atoms with Crippen molar-refractivity contribution in [2.45, 2.75) is 39.5 Å². The van der Waals surface area contributed by atoms with E-state index in [0.717, 1.165) is 31.6 Å². The summed E-state index contributed by atoms with van der Waals surface area (Å²) in [6, 6.07) is 0. The number of hydrogen-bond donors (Lipinski definition) is 0. The van der Waals surface area contributed by atoms with Crippen LogP contribution >= 0.6 is 0 Å². The summed E-state index contributed by atoms with van der Waals surface area (Å²) in [5.74, 6) is 0.641. The van der Waals surface area contributed by atoms with E-state index in [2.05, 4.69) is 9.97 Å². The first-order valence-corrected chi connectivity index (χ1v) is 6.29. The molecule has 0 N–H and O–H groups in total. The standard InChI is InChI=1S/C11H15N3O.C2H6/c1-9(15)14-6-2-10(3-7-14)11-8-12-4-5-13-11;1-2/h4-5,8,10H,2-3,6-7H2,1H3;1-2H3. The second kappa shape index (κ2) is 6.99. The topological polar surface area (TPSA) is 46.1 Å². The van der Waals surface area contributed by atoms with Crippen LogP contribution in [0.5, 0.6) is 0 Å². The van der Waals surface area contributed by atoms with E-state index >= 15 is 0 Å². The lowest BCUT2D eigenvalue weighted by Crippen LogP contribution is -2.36. The van der Waals surface area contributed by atoms with E-state index in [4.69, 9.17) is 0 Å². The molecule has 1 amide bonds. The Balaban J connectivity index is 0.000000686. The number of rotatable bonds is 1. The van der Waals surface area contributed by atoms with E-state index in [1.54, 1.807) is 19.3 Å².